The first-order valence-electron chi connectivity index (χ1n) is 7.12. The van der Waals surface area contributed by atoms with Gasteiger partial charge in [0.1, 0.15) is 0 Å². The van der Waals surface area contributed by atoms with Gasteiger partial charge in [-0.1, -0.05) is 0 Å². The molecular weight excluding hydrogens is 280 g/mol. The van der Waals surface area contributed by atoms with Gasteiger partial charge in [0.05, 0.1) is 12.0 Å². The van der Waals surface area contributed by atoms with Crippen LogP contribution in [-0.4, -0.2) is 27.9 Å². The Hall–Kier alpha value is -2.63. The largest absolute Gasteiger partial charge is 0.356 e. The van der Waals surface area contributed by atoms with Crippen LogP contribution in [0.2, 0.25) is 0 Å². The molecule has 0 radical (unpaired) electrons. The van der Waals surface area contributed by atoms with Gasteiger partial charge in [-0.15, -0.1) is 0 Å². The molecule has 0 saturated heterocycles. The number of benzene rings is 1. The topological polar surface area (TPSA) is 76.0 Å². The summed E-state index contributed by atoms with van der Waals surface area (Å²) in [7, 11) is 0. The minimum Gasteiger partial charge on any atom is -0.356 e. The molecule has 22 heavy (non-hydrogen) atoms. The number of nitrogens with one attached hydrogen (secondary N) is 2. The quantitative estimate of drug-likeness (QED) is 0.886. The molecule has 2 N–H and O–H groups in total. The molecule has 1 heterocycles. The SMILES string of the molecule is CC(=O)NCCC(=O)Nc1ccc(-n2cnc(C)c2C)cc1. The number of anilines is 1. The van der Waals surface area contributed by atoms with E-state index in [9.17, 15) is 9.59 Å². The number of aryl methyl sites for hydroxylation is 1. The number of amides is 2. The Morgan fingerprint density at radius 2 is 1.86 bits per heavy atom. The van der Waals surface area contributed by atoms with Crippen LogP contribution in [0.15, 0.2) is 30.6 Å². The molecule has 0 bridgehead atoms. The van der Waals surface area contributed by atoms with Crippen LogP contribution in [0.3, 0.4) is 0 Å². The highest BCUT2D eigenvalue weighted by Crippen LogP contribution is 2.16. The maximum atomic E-state index is 11.7. The van der Waals surface area contributed by atoms with Gasteiger partial charge >= 0.3 is 0 Å². The monoisotopic (exact) mass is 300 g/mol. The molecule has 0 aliphatic rings. The van der Waals surface area contributed by atoms with Gasteiger partial charge in [0.25, 0.3) is 0 Å². The standard InChI is InChI=1S/C16H20N4O2/c1-11-12(2)20(10-18-11)15-6-4-14(5-7-15)19-16(22)8-9-17-13(3)21/h4-7,10H,8-9H2,1-3H3,(H,17,21)(H,19,22). The predicted octanol–water partition coefficient (Wildman–Crippen LogP) is 1.95. The first-order chi connectivity index (χ1) is 10.5. The minimum atomic E-state index is -0.136. The van der Waals surface area contributed by atoms with Crippen molar-refractivity contribution in [1.29, 1.82) is 0 Å². The second-order valence-corrected chi connectivity index (χ2v) is 5.11. The first-order valence-corrected chi connectivity index (χ1v) is 7.12. The van der Waals surface area contributed by atoms with E-state index in [2.05, 4.69) is 15.6 Å². The number of imidazole rings is 1. The van der Waals surface area contributed by atoms with Gasteiger partial charge in [-0.3, -0.25) is 9.59 Å². The molecule has 1 aromatic carbocycles. The molecule has 2 amide bonds. The van der Waals surface area contributed by atoms with Crippen LogP contribution in [0, 0.1) is 13.8 Å². The van der Waals surface area contributed by atoms with E-state index >= 15 is 0 Å². The zero-order valence-corrected chi connectivity index (χ0v) is 13.0. The Labute approximate surface area is 129 Å². The fourth-order valence-corrected chi connectivity index (χ4v) is 2.04. The van der Waals surface area contributed by atoms with E-state index in [1.807, 2.05) is 42.7 Å². The Morgan fingerprint density at radius 3 is 2.41 bits per heavy atom. The van der Waals surface area contributed by atoms with Crippen molar-refractivity contribution in [2.45, 2.75) is 27.2 Å². The van der Waals surface area contributed by atoms with E-state index in [4.69, 9.17) is 0 Å². The fourth-order valence-electron chi connectivity index (χ4n) is 2.04. The lowest BCUT2D eigenvalue weighted by Crippen LogP contribution is -2.25. The molecule has 0 aliphatic carbocycles. The smallest absolute Gasteiger partial charge is 0.226 e. The average Bonchev–Trinajstić information content (AvgIpc) is 2.79. The van der Waals surface area contributed by atoms with Crippen LogP contribution in [0.25, 0.3) is 5.69 Å². The molecule has 2 aromatic rings. The third-order valence-corrected chi connectivity index (χ3v) is 3.41. The number of rotatable bonds is 5. The van der Waals surface area contributed by atoms with E-state index in [1.54, 1.807) is 6.33 Å². The molecule has 6 nitrogen and oxygen atoms in total. The van der Waals surface area contributed by atoms with Crippen molar-refractivity contribution in [3.8, 4) is 5.69 Å². The summed E-state index contributed by atoms with van der Waals surface area (Å²) in [5, 5.41) is 5.39. The summed E-state index contributed by atoms with van der Waals surface area (Å²) < 4.78 is 2.00. The fraction of sp³-hybridized carbons (Fsp3) is 0.312. The van der Waals surface area contributed by atoms with Crippen LogP contribution >= 0.6 is 0 Å². The molecule has 0 spiro atoms. The second kappa shape index (κ2) is 6.89. The van der Waals surface area contributed by atoms with Crippen LogP contribution in [0.5, 0.6) is 0 Å². The van der Waals surface area contributed by atoms with Crippen molar-refractivity contribution in [2.24, 2.45) is 0 Å². The summed E-state index contributed by atoms with van der Waals surface area (Å²) in [5.74, 6) is -0.265. The van der Waals surface area contributed by atoms with Crippen molar-refractivity contribution in [3.63, 3.8) is 0 Å². The van der Waals surface area contributed by atoms with Crippen LogP contribution in [-0.2, 0) is 9.59 Å². The molecule has 1 aromatic heterocycles. The van der Waals surface area contributed by atoms with E-state index in [0.29, 0.717) is 6.54 Å². The van der Waals surface area contributed by atoms with E-state index in [1.165, 1.54) is 6.92 Å². The van der Waals surface area contributed by atoms with Crippen molar-refractivity contribution >= 4 is 17.5 Å². The van der Waals surface area contributed by atoms with Crippen molar-refractivity contribution in [2.75, 3.05) is 11.9 Å². The summed E-state index contributed by atoms with van der Waals surface area (Å²) in [6.45, 7) is 5.75. The summed E-state index contributed by atoms with van der Waals surface area (Å²) in [6.07, 6.45) is 2.03. The van der Waals surface area contributed by atoms with Crippen molar-refractivity contribution in [3.05, 3.63) is 42.0 Å². The van der Waals surface area contributed by atoms with E-state index < -0.39 is 0 Å². The van der Waals surface area contributed by atoms with Gasteiger partial charge in [0.2, 0.25) is 11.8 Å². The van der Waals surface area contributed by atoms with Crippen LogP contribution in [0.1, 0.15) is 24.7 Å². The number of nitrogens with zero attached hydrogens (tertiary/aromatic N) is 2. The summed E-state index contributed by atoms with van der Waals surface area (Å²) in [5.41, 5.74) is 3.81. The van der Waals surface area contributed by atoms with Gasteiger partial charge in [-0.2, -0.15) is 0 Å². The summed E-state index contributed by atoms with van der Waals surface area (Å²) in [4.78, 5) is 26.7. The van der Waals surface area contributed by atoms with Crippen LogP contribution in [0.4, 0.5) is 5.69 Å². The lowest BCUT2D eigenvalue weighted by atomic mass is 10.2. The molecule has 0 unspecified atom stereocenters. The third-order valence-electron chi connectivity index (χ3n) is 3.41. The summed E-state index contributed by atoms with van der Waals surface area (Å²) >= 11 is 0. The highest BCUT2D eigenvalue weighted by molar-refractivity contribution is 5.91. The maximum absolute atomic E-state index is 11.7. The maximum Gasteiger partial charge on any atom is 0.226 e. The Kier molecular flexibility index (Phi) is 4.93. The van der Waals surface area contributed by atoms with Gasteiger partial charge in [0, 0.05) is 37.0 Å². The molecular formula is C16H20N4O2. The molecule has 0 aliphatic heterocycles. The lowest BCUT2D eigenvalue weighted by Gasteiger charge is -2.08. The Bertz CT molecular complexity index is 674. The third kappa shape index (κ3) is 3.94. The highest BCUT2D eigenvalue weighted by atomic mass is 16.2. The number of carbonyl (C=O) groups excluding carboxylic acids is 2. The highest BCUT2D eigenvalue weighted by Gasteiger charge is 2.06. The van der Waals surface area contributed by atoms with E-state index in [0.717, 1.165) is 22.8 Å². The zero-order chi connectivity index (χ0) is 16.1. The summed E-state index contributed by atoms with van der Waals surface area (Å²) in [6, 6.07) is 7.55. The van der Waals surface area contributed by atoms with Crippen molar-refractivity contribution in [1.82, 2.24) is 14.9 Å². The molecule has 0 atom stereocenters. The zero-order valence-electron chi connectivity index (χ0n) is 13.0. The molecule has 2 rings (SSSR count). The Morgan fingerprint density at radius 1 is 1.18 bits per heavy atom. The average molecular weight is 300 g/mol. The normalized spacial score (nSPS) is 10.3. The second-order valence-electron chi connectivity index (χ2n) is 5.11. The molecule has 0 fully saturated rings. The lowest BCUT2D eigenvalue weighted by molar-refractivity contribution is -0.119. The van der Waals surface area contributed by atoms with Gasteiger partial charge < -0.3 is 15.2 Å². The van der Waals surface area contributed by atoms with Crippen molar-refractivity contribution < 1.29 is 9.59 Å². The minimum absolute atomic E-state index is 0.129. The number of hydrogen-bond acceptors (Lipinski definition) is 3. The number of carbonyl (C=O) groups is 2. The molecule has 6 heteroatoms. The van der Waals surface area contributed by atoms with Crippen LogP contribution < -0.4 is 10.6 Å². The number of hydrogen-bond donors (Lipinski definition) is 2. The number of aromatic nitrogens is 2. The Balaban J connectivity index is 1.96. The molecule has 0 saturated carbocycles. The molecule has 116 valence electrons. The predicted molar refractivity (Wildman–Crippen MR) is 85.0 cm³/mol. The van der Waals surface area contributed by atoms with Gasteiger partial charge in [-0.05, 0) is 38.1 Å². The van der Waals surface area contributed by atoms with Gasteiger partial charge in [-0.25, -0.2) is 4.98 Å². The van der Waals surface area contributed by atoms with E-state index in [-0.39, 0.29) is 18.2 Å². The first kappa shape index (κ1) is 15.8. The van der Waals surface area contributed by atoms with Gasteiger partial charge in [0.15, 0.2) is 0 Å².